The van der Waals surface area contributed by atoms with Crippen LogP contribution < -0.4 is 10.1 Å². The number of methoxy groups -OCH3 is 1. The van der Waals surface area contributed by atoms with Crippen LogP contribution >= 0.6 is 0 Å². The van der Waals surface area contributed by atoms with Gasteiger partial charge in [0.2, 0.25) is 0 Å². The molecule has 3 rings (SSSR count). The van der Waals surface area contributed by atoms with E-state index in [-0.39, 0.29) is 29.3 Å². The molecule has 1 saturated carbocycles. The van der Waals surface area contributed by atoms with Crippen molar-refractivity contribution in [2.24, 2.45) is 5.92 Å². The molecule has 7 heteroatoms. The maximum atomic E-state index is 12.6. The summed E-state index contributed by atoms with van der Waals surface area (Å²) in [5.74, 6) is 1.26. The molecular formula is C24H25CrNO5. The van der Waals surface area contributed by atoms with E-state index < -0.39 is 0 Å². The number of anilines is 1. The van der Waals surface area contributed by atoms with Crippen LogP contribution in [0, 0.1) is 32.8 Å². The van der Waals surface area contributed by atoms with Gasteiger partial charge in [-0.25, -0.2) is 0 Å². The minimum atomic E-state index is 0. The summed E-state index contributed by atoms with van der Waals surface area (Å²) in [5, 5.41) is 3.61. The number of aryl methyl sites for hydroxylation is 1. The molecule has 1 aliphatic rings. The topological polar surface area (TPSA) is 98.0 Å². The number of carbonyl (C=O) groups is 1. The second-order valence-electron chi connectivity index (χ2n) is 6.53. The van der Waals surface area contributed by atoms with Gasteiger partial charge in [0.15, 0.2) is 0 Å². The molecule has 2 atom stereocenters. The van der Waals surface area contributed by atoms with Crippen molar-refractivity contribution in [2.75, 3.05) is 12.4 Å². The molecule has 1 fully saturated rings. The Labute approximate surface area is 194 Å². The van der Waals surface area contributed by atoms with Crippen molar-refractivity contribution < 1.29 is 40.8 Å². The Bertz CT molecular complexity index is 816. The molecule has 2 aromatic rings. The van der Waals surface area contributed by atoms with Gasteiger partial charge in [0.05, 0.1) is 13.2 Å². The van der Waals surface area contributed by atoms with Crippen LogP contribution in [0.25, 0.3) is 0 Å². The summed E-state index contributed by atoms with van der Waals surface area (Å²) >= 11 is 0. The third kappa shape index (κ3) is 9.43. The van der Waals surface area contributed by atoms with E-state index in [2.05, 4.69) is 50.4 Å². The van der Waals surface area contributed by atoms with Crippen molar-refractivity contribution in [1.82, 2.24) is 0 Å². The molecular weight excluding hydrogens is 434 g/mol. The maximum Gasteiger partial charge on any atom is 0 e. The van der Waals surface area contributed by atoms with Crippen LogP contribution in [0.2, 0.25) is 0 Å². The molecule has 1 aliphatic carbocycles. The number of hydrogen-bond donors (Lipinski definition) is 1. The molecule has 0 aromatic heterocycles. The van der Waals surface area contributed by atoms with Gasteiger partial charge in [-0.1, -0.05) is 30.7 Å². The zero-order valence-electron chi connectivity index (χ0n) is 17.6. The molecule has 2 aromatic carbocycles. The number of carbonyl (C=O) groups excluding carboxylic acids is 1. The Balaban J connectivity index is 0. The molecule has 31 heavy (non-hydrogen) atoms. The number of benzene rings is 2. The predicted octanol–water partition coefficient (Wildman–Crippen LogP) is 4.80. The van der Waals surface area contributed by atoms with Gasteiger partial charge in [-0.3, -0.25) is 4.79 Å². The third-order valence-corrected chi connectivity index (χ3v) is 4.94. The molecule has 0 amide bonds. The van der Waals surface area contributed by atoms with Gasteiger partial charge in [-0.05, 0) is 55.2 Å². The van der Waals surface area contributed by atoms with Crippen LogP contribution in [0.4, 0.5) is 5.69 Å². The Kier molecular flexibility index (Phi) is 18.0. The average Bonchev–Trinajstić information content (AvgIpc) is 2.83. The standard InChI is InChI=1S/C21H25NO2.3CO.Cr/c1-15-7-3-4-8-18(15)21(19-9-5-6-10-20(19)23)22-16-11-13-17(24-2)14-12-16;3*1-2;/h3-4,7-8,11-14,19,21-22H,5-6,9-10H2,1-2H3;;;;. The first-order valence-electron chi connectivity index (χ1n) is 9.29. The normalized spacial score (nSPS) is 14.8. The van der Waals surface area contributed by atoms with Gasteiger partial charge in [-0.15, -0.1) is 0 Å². The smallest absolute Gasteiger partial charge is 0 e. The van der Waals surface area contributed by atoms with E-state index in [0.717, 1.165) is 30.7 Å². The minimum absolute atomic E-state index is 0. The molecule has 2 unspecified atom stereocenters. The summed E-state index contributed by atoms with van der Waals surface area (Å²) < 4.78 is 27.7. The number of hydrogen-bond acceptors (Lipinski definition) is 3. The monoisotopic (exact) mass is 459 g/mol. The SMILES string of the molecule is COc1ccc(NC(c2ccccc2C)C2CCCCC2=O)cc1.[C-]#[O+].[C-]#[O+].[C-]#[O+].[Cr]. The van der Waals surface area contributed by atoms with Crippen molar-refractivity contribution in [2.45, 2.75) is 38.6 Å². The molecule has 0 spiro atoms. The van der Waals surface area contributed by atoms with E-state index in [1.54, 1.807) is 7.11 Å². The van der Waals surface area contributed by atoms with Crippen molar-refractivity contribution in [3.63, 3.8) is 0 Å². The van der Waals surface area contributed by atoms with Crippen LogP contribution in [0.1, 0.15) is 42.9 Å². The molecule has 0 radical (unpaired) electrons. The van der Waals surface area contributed by atoms with E-state index in [0.29, 0.717) is 12.2 Å². The third-order valence-electron chi connectivity index (χ3n) is 4.94. The Morgan fingerprint density at radius 3 is 2.06 bits per heavy atom. The fourth-order valence-electron chi connectivity index (χ4n) is 3.56. The Morgan fingerprint density at radius 2 is 1.55 bits per heavy atom. The van der Waals surface area contributed by atoms with Crippen molar-refractivity contribution >= 4 is 11.5 Å². The summed E-state index contributed by atoms with van der Waals surface area (Å²) in [6, 6.07) is 16.3. The summed E-state index contributed by atoms with van der Waals surface area (Å²) in [5.41, 5.74) is 3.46. The van der Waals surface area contributed by atoms with Crippen LogP contribution in [0.15, 0.2) is 48.5 Å². The van der Waals surface area contributed by atoms with Crippen molar-refractivity contribution in [1.29, 1.82) is 0 Å². The number of nitrogens with one attached hydrogen (secondary N) is 1. The Hall–Kier alpha value is -2.54. The van der Waals surface area contributed by atoms with E-state index >= 15 is 0 Å². The van der Waals surface area contributed by atoms with E-state index in [1.807, 2.05) is 30.3 Å². The first kappa shape index (κ1) is 30.7. The van der Waals surface area contributed by atoms with Crippen LogP contribution in [0.5, 0.6) is 5.75 Å². The number of ketones is 1. The van der Waals surface area contributed by atoms with Crippen molar-refractivity contribution in [3.8, 4) is 5.75 Å². The number of rotatable bonds is 5. The zero-order valence-corrected chi connectivity index (χ0v) is 18.8. The first-order valence-corrected chi connectivity index (χ1v) is 9.29. The number of ether oxygens (including phenoxy) is 1. The maximum absolute atomic E-state index is 12.6. The zero-order chi connectivity index (χ0) is 22.9. The van der Waals surface area contributed by atoms with Crippen LogP contribution in [0.3, 0.4) is 0 Å². The molecule has 0 aliphatic heterocycles. The van der Waals surface area contributed by atoms with Gasteiger partial charge in [-0.2, -0.15) is 0 Å². The predicted molar refractivity (Wildman–Crippen MR) is 109 cm³/mol. The summed E-state index contributed by atoms with van der Waals surface area (Å²) in [6.45, 7) is 15.6. The van der Waals surface area contributed by atoms with E-state index in [9.17, 15) is 4.79 Å². The number of Topliss-reactive ketones (excluding diaryl/α,β-unsaturated/α-hetero) is 1. The van der Waals surface area contributed by atoms with E-state index in [4.69, 9.17) is 18.7 Å². The van der Waals surface area contributed by atoms with E-state index in [1.165, 1.54) is 11.1 Å². The van der Waals surface area contributed by atoms with Gasteiger partial charge < -0.3 is 10.1 Å². The fourth-order valence-corrected chi connectivity index (χ4v) is 3.56. The molecule has 0 heterocycles. The summed E-state index contributed by atoms with van der Waals surface area (Å²) in [7, 11) is 1.67. The molecule has 0 bridgehead atoms. The quantitative estimate of drug-likeness (QED) is 0.514. The second kappa shape index (κ2) is 18.2. The van der Waals surface area contributed by atoms with Crippen LogP contribution in [-0.2, 0) is 36.1 Å². The summed E-state index contributed by atoms with van der Waals surface area (Å²) in [6.07, 6.45) is 3.82. The molecule has 6 nitrogen and oxygen atoms in total. The summed E-state index contributed by atoms with van der Waals surface area (Å²) in [4.78, 5) is 12.6. The largest absolute Gasteiger partial charge is 0 e. The second-order valence-corrected chi connectivity index (χ2v) is 6.53. The molecule has 0 saturated heterocycles. The fraction of sp³-hybridized carbons (Fsp3) is 0.333. The molecule has 1 N–H and O–H groups in total. The van der Waals surface area contributed by atoms with Gasteiger partial charge in [0, 0.05) is 35.4 Å². The van der Waals surface area contributed by atoms with Gasteiger partial charge >= 0.3 is 33.9 Å². The van der Waals surface area contributed by atoms with Gasteiger partial charge in [0.25, 0.3) is 0 Å². The molecule has 162 valence electrons. The average molecular weight is 459 g/mol. The van der Waals surface area contributed by atoms with Crippen LogP contribution in [-0.4, -0.2) is 12.9 Å². The van der Waals surface area contributed by atoms with Gasteiger partial charge in [0.1, 0.15) is 11.5 Å². The Morgan fingerprint density at radius 1 is 0.968 bits per heavy atom. The van der Waals surface area contributed by atoms with Crippen molar-refractivity contribution in [3.05, 3.63) is 79.6 Å². The first-order chi connectivity index (χ1) is 14.7. The minimum Gasteiger partial charge on any atom is 0 e.